The molecule has 0 atom stereocenters. The fourth-order valence-electron chi connectivity index (χ4n) is 5.72. The number of allylic oxidation sites excluding steroid dienone is 1. The van der Waals surface area contributed by atoms with E-state index in [4.69, 9.17) is 9.47 Å². The van der Waals surface area contributed by atoms with Crippen LogP contribution in [-0.4, -0.2) is 60.1 Å². The van der Waals surface area contributed by atoms with Crippen molar-refractivity contribution in [2.75, 3.05) is 44.3 Å². The monoisotopic (exact) mass is 591 g/mol. The van der Waals surface area contributed by atoms with Gasteiger partial charge < -0.3 is 19.5 Å². The second kappa shape index (κ2) is 12.6. The smallest absolute Gasteiger partial charge is 0.271 e. The molecule has 0 radical (unpaired) electrons. The van der Waals surface area contributed by atoms with E-state index >= 15 is 0 Å². The van der Waals surface area contributed by atoms with Crippen LogP contribution in [0.1, 0.15) is 27.0 Å². The number of benzene rings is 4. The van der Waals surface area contributed by atoms with Crippen molar-refractivity contribution in [1.82, 2.24) is 4.90 Å². The van der Waals surface area contributed by atoms with Gasteiger partial charge >= 0.3 is 0 Å². The molecular formula is C35H33N3O6. The molecule has 2 aliphatic heterocycles. The number of hydrogen-bond acceptors (Lipinski definition) is 8. The van der Waals surface area contributed by atoms with Crippen molar-refractivity contribution in [2.24, 2.45) is 0 Å². The van der Waals surface area contributed by atoms with Crippen molar-refractivity contribution in [3.05, 3.63) is 117 Å². The maximum absolute atomic E-state index is 13.2. The van der Waals surface area contributed by atoms with E-state index in [1.165, 1.54) is 12.1 Å². The number of anilines is 1. The minimum atomic E-state index is -0.376. The molecule has 9 heteroatoms. The normalized spacial score (nSPS) is 15.0. The number of aromatic hydroxyl groups is 1. The summed E-state index contributed by atoms with van der Waals surface area (Å²) in [6, 6.07) is 23.7. The Morgan fingerprint density at radius 3 is 2.50 bits per heavy atom. The number of hydrogen-bond donors (Lipinski definition) is 1. The third-order valence-corrected chi connectivity index (χ3v) is 8.15. The number of carbonyl (C=O) groups is 1. The van der Waals surface area contributed by atoms with Gasteiger partial charge in [0.15, 0.2) is 17.3 Å². The number of fused-ring (bicyclic) bond motifs is 1. The van der Waals surface area contributed by atoms with Crippen LogP contribution in [0.5, 0.6) is 17.2 Å². The van der Waals surface area contributed by atoms with Crippen molar-refractivity contribution >= 4 is 23.2 Å². The Morgan fingerprint density at radius 1 is 0.932 bits per heavy atom. The first-order valence-electron chi connectivity index (χ1n) is 14.6. The van der Waals surface area contributed by atoms with Gasteiger partial charge in [0.2, 0.25) is 0 Å². The summed E-state index contributed by atoms with van der Waals surface area (Å²) in [5.74, 6) is 1.14. The summed E-state index contributed by atoms with van der Waals surface area (Å²) < 4.78 is 11.4. The van der Waals surface area contributed by atoms with E-state index in [9.17, 15) is 20.0 Å². The SMILES string of the molecule is Cc1c(/C=C/C(=O)c2cc(CN3CCN(c4cccc([N+](=O)[O-])c4)CC3)ccc2O)cccc1-c1ccc2c(c1)OCCO2. The first-order chi connectivity index (χ1) is 21.4. The standard InChI is InChI=1S/C35H33N3O6/c1-24-26(4-2-7-30(24)27-10-13-34-35(21-27)44-19-18-43-34)9-12-33(40)31-20-25(8-11-32(31)39)23-36-14-16-37(17-15-36)28-5-3-6-29(22-28)38(41)42/h2-13,20-22,39H,14-19,23H2,1H3/b12-9+. The van der Waals surface area contributed by atoms with E-state index in [2.05, 4.69) is 9.80 Å². The largest absolute Gasteiger partial charge is 0.507 e. The van der Waals surface area contributed by atoms with Crippen molar-refractivity contribution in [3.63, 3.8) is 0 Å². The van der Waals surface area contributed by atoms with Crippen LogP contribution >= 0.6 is 0 Å². The van der Waals surface area contributed by atoms with Crippen LogP contribution in [0.25, 0.3) is 17.2 Å². The molecule has 0 aliphatic carbocycles. The molecule has 0 amide bonds. The number of nitro benzene ring substituents is 1. The number of ketones is 1. The highest BCUT2D eigenvalue weighted by molar-refractivity contribution is 6.08. The Balaban J connectivity index is 1.12. The highest BCUT2D eigenvalue weighted by atomic mass is 16.6. The van der Waals surface area contributed by atoms with Crippen LogP contribution in [0.3, 0.4) is 0 Å². The Hall–Kier alpha value is -5.15. The van der Waals surface area contributed by atoms with E-state index < -0.39 is 0 Å². The second-order valence-electron chi connectivity index (χ2n) is 11.0. The molecule has 2 aliphatic rings. The Labute approximate surface area is 255 Å². The zero-order valence-electron chi connectivity index (χ0n) is 24.4. The van der Waals surface area contributed by atoms with Gasteiger partial charge in [0.25, 0.3) is 5.69 Å². The minimum Gasteiger partial charge on any atom is -0.507 e. The highest BCUT2D eigenvalue weighted by Gasteiger charge is 2.20. The van der Waals surface area contributed by atoms with Gasteiger partial charge in [-0.05, 0) is 71.1 Å². The molecule has 0 spiro atoms. The molecule has 1 N–H and O–H groups in total. The number of carbonyl (C=O) groups excluding carboxylic acids is 1. The lowest BCUT2D eigenvalue weighted by molar-refractivity contribution is -0.384. The molecular weight excluding hydrogens is 558 g/mol. The fourth-order valence-corrected chi connectivity index (χ4v) is 5.72. The van der Waals surface area contributed by atoms with Gasteiger partial charge in [-0.2, -0.15) is 0 Å². The van der Waals surface area contributed by atoms with Gasteiger partial charge in [-0.15, -0.1) is 0 Å². The summed E-state index contributed by atoms with van der Waals surface area (Å²) in [7, 11) is 0. The molecule has 224 valence electrons. The van der Waals surface area contributed by atoms with Gasteiger partial charge in [-0.1, -0.05) is 42.5 Å². The molecule has 4 aromatic carbocycles. The van der Waals surface area contributed by atoms with Crippen LogP contribution < -0.4 is 14.4 Å². The van der Waals surface area contributed by atoms with Gasteiger partial charge in [0.05, 0.1) is 10.5 Å². The van der Waals surface area contributed by atoms with Crippen LogP contribution in [0.2, 0.25) is 0 Å². The lowest BCUT2D eigenvalue weighted by atomic mass is 9.95. The maximum Gasteiger partial charge on any atom is 0.271 e. The quantitative estimate of drug-likeness (QED) is 0.111. The number of ether oxygens (including phenoxy) is 2. The average Bonchev–Trinajstić information content (AvgIpc) is 3.05. The van der Waals surface area contributed by atoms with Gasteiger partial charge in [-0.3, -0.25) is 19.8 Å². The number of rotatable bonds is 8. The molecule has 1 fully saturated rings. The molecule has 4 aromatic rings. The van der Waals surface area contributed by atoms with E-state index in [1.54, 1.807) is 30.3 Å². The van der Waals surface area contributed by atoms with Crippen LogP contribution in [0.15, 0.2) is 84.9 Å². The summed E-state index contributed by atoms with van der Waals surface area (Å²) >= 11 is 0. The lowest BCUT2D eigenvalue weighted by Gasteiger charge is -2.36. The zero-order chi connectivity index (χ0) is 30.6. The van der Waals surface area contributed by atoms with Gasteiger partial charge in [0, 0.05) is 50.5 Å². The van der Waals surface area contributed by atoms with Crippen LogP contribution in [0, 0.1) is 17.0 Å². The molecule has 44 heavy (non-hydrogen) atoms. The molecule has 1 saturated heterocycles. The summed E-state index contributed by atoms with van der Waals surface area (Å²) in [5, 5.41) is 21.7. The van der Waals surface area contributed by atoms with E-state index in [0.29, 0.717) is 19.8 Å². The molecule has 2 heterocycles. The predicted octanol–water partition coefficient (Wildman–Crippen LogP) is 6.27. The van der Waals surface area contributed by atoms with Gasteiger partial charge in [0.1, 0.15) is 19.0 Å². The number of phenolic OH excluding ortho intramolecular Hbond substituents is 1. The van der Waals surface area contributed by atoms with E-state index in [1.807, 2.05) is 55.5 Å². The molecule has 9 nitrogen and oxygen atoms in total. The van der Waals surface area contributed by atoms with E-state index in [-0.39, 0.29) is 27.7 Å². The summed E-state index contributed by atoms with van der Waals surface area (Å²) in [4.78, 5) is 28.4. The molecule has 0 unspecified atom stereocenters. The van der Waals surface area contributed by atoms with E-state index in [0.717, 1.165) is 71.2 Å². The molecule has 0 bridgehead atoms. The highest BCUT2D eigenvalue weighted by Crippen LogP contribution is 2.36. The fraction of sp³-hybridized carbons (Fsp3) is 0.229. The molecule has 0 aromatic heterocycles. The summed E-state index contributed by atoms with van der Waals surface area (Å²) in [6.45, 7) is 6.72. The van der Waals surface area contributed by atoms with Crippen molar-refractivity contribution in [2.45, 2.75) is 13.5 Å². The number of nitrogens with zero attached hydrogens (tertiary/aromatic N) is 3. The number of phenols is 1. The van der Waals surface area contributed by atoms with Crippen molar-refractivity contribution < 1.29 is 24.3 Å². The minimum absolute atomic E-state index is 0.0550. The topological polar surface area (TPSA) is 105 Å². The summed E-state index contributed by atoms with van der Waals surface area (Å²) in [5.41, 5.74) is 6.09. The zero-order valence-corrected chi connectivity index (χ0v) is 24.4. The average molecular weight is 592 g/mol. The van der Waals surface area contributed by atoms with Gasteiger partial charge in [-0.25, -0.2) is 0 Å². The van der Waals surface area contributed by atoms with Crippen molar-refractivity contribution in [3.8, 4) is 28.4 Å². The van der Waals surface area contributed by atoms with Crippen LogP contribution in [-0.2, 0) is 6.54 Å². The Bertz CT molecular complexity index is 1740. The molecule has 0 saturated carbocycles. The number of nitro groups is 1. The van der Waals surface area contributed by atoms with Crippen LogP contribution in [0.4, 0.5) is 11.4 Å². The Kier molecular flexibility index (Phi) is 8.29. The number of non-ortho nitro benzene ring substituents is 1. The number of piperazine rings is 1. The van der Waals surface area contributed by atoms with Crippen molar-refractivity contribution in [1.29, 1.82) is 0 Å². The summed E-state index contributed by atoms with van der Waals surface area (Å²) in [6.07, 6.45) is 3.30. The first-order valence-corrected chi connectivity index (χ1v) is 14.6. The third-order valence-electron chi connectivity index (χ3n) is 8.15. The Morgan fingerprint density at radius 2 is 1.70 bits per heavy atom. The maximum atomic E-state index is 13.2. The lowest BCUT2D eigenvalue weighted by Crippen LogP contribution is -2.46. The predicted molar refractivity (Wildman–Crippen MR) is 170 cm³/mol. The molecule has 6 rings (SSSR count). The second-order valence-corrected chi connectivity index (χ2v) is 11.0. The first kappa shape index (κ1) is 28.9. The third kappa shape index (κ3) is 6.28.